The average molecular weight is 361 g/mol. The molecule has 0 radical (unpaired) electrons. The fourth-order valence-electron chi connectivity index (χ4n) is 4.58. The van der Waals surface area contributed by atoms with Crippen LogP contribution in [0.5, 0.6) is 0 Å². The topological polar surface area (TPSA) is 75.2 Å². The third-order valence-corrected chi connectivity index (χ3v) is 5.80. The fourth-order valence-corrected chi connectivity index (χ4v) is 4.58. The number of piperidine rings is 1. The number of amides is 1. The highest BCUT2D eigenvalue weighted by atomic mass is 16.2. The molecule has 27 heavy (non-hydrogen) atoms. The van der Waals surface area contributed by atoms with Gasteiger partial charge in [-0.25, -0.2) is 0 Å². The van der Waals surface area contributed by atoms with Gasteiger partial charge in [-0.15, -0.1) is 0 Å². The molecule has 0 unspecified atom stereocenters. The molecule has 1 aromatic carbocycles. The van der Waals surface area contributed by atoms with E-state index in [1.54, 1.807) is 23.2 Å². The minimum atomic E-state index is -0.474. The number of likely N-dealkylation sites (tertiary alicyclic amines) is 1. The van der Waals surface area contributed by atoms with Crippen molar-refractivity contribution in [1.82, 2.24) is 14.5 Å². The number of nitrogens with one attached hydrogen (secondary N) is 1. The molecule has 2 aliphatic rings. The maximum Gasteiger partial charge on any atom is 0.295 e. The van der Waals surface area contributed by atoms with Gasteiger partial charge in [0.25, 0.3) is 17.2 Å². The summed E-state index contributed by atoms with van der Waals surface area (Å²) in [4.78, 5) is 42.7. The molecular formula is C21H19N3O3. The number of H-pyrrole nitrogens is 1. The molecule has 2 aromatic heterocycles. The Bertz CT molecular complexity index is 1130. The van der Waals surface area contributed by atoms with Crippen molar-refractivity contribution in [3.63, 3.8) is 0 Å². The normalized spacial score (nSPS) is 21.1. The van der Waals surface area contributed by atoms with Crippen molar-refractivity contribution in [1.29, 1.82) is 0 Å². The SMILES string of the molecule is O=C(C(=O)N1C[C@H]2C[C@@H](C1)c1cccc(=O)n1C2)c1c[nH]c2ccccc12. The number of benzene rings is 1. The summed E-state index contributed by atoms with van der Waals surface area (Å²) in [5, 5.41) is 0.768. The number of carbonyl (C=O) groups is 2. The predicted molar refractivity (Wildman–Crippen MR) is 101 cm³/mol. The molecule has 136 valence electrons. The number of fused-ring (bicyclic) bond motifs is 5. The van der Waals surface area contributed by atoms with Gasteiger partial charge in [0.05, 0.1) is 5.56 Å². The van der Waals surface area contributed by atoms with E-state index in [2.05, 4.69) is 4.98 Å². The van der Waals surface area contributed by atoms with E-state index in [0.29, 0.717) is 25.2 Å². The van der Waals surface area contributed by atoms with Crippen molar-refractivity contribution >= 4 is 22.6 Å². The molecule has 1 fully saturated rings. The molecule has 6 heteroatoms. The summed E-state index contributed by atoms with van der Waals surface area (Å²) in [5.74, 6) is -0.624. The van der Waals surface area contributed by atoms with E-state index >= 15 is 0 Å². The molecule has 6 nitrogen and oxygen atoms in total. The molecule has 1 saturated heterocycles. The second-order valence-electron chi connectivity index (χ2n) is 7.49. The van der Waals surface area contributed by atoms with Crippen molar-refractivity contribution in [3.8, 4) is 0 Å². The molecule has 4 heterocycles. The summed E-state index contributed by atoms with van der Waals surface area (Å²) in [7, 11) is 0. The highest BCUT2D eigenvalue weighted by molar-refractivity contribution is 6.44. The van der Waals surface area contributed by atoms with Crippen LogP contribution in [-0.4, -0.2) is 39.2 Å². The molecule has 0 aliphatic carbocycles. The Balaban J connectivity index is 1.44. The Hall–Kier alpha value is -3.15. The molecule has 3 aromatic rings. The monoisotopic (exact) mass is 361 g/mol. The lowest BCUT2D eigenvalue weighted by atomic mass is 9.83. The Kier molecular flexibility index (Phi) is 3.53. The minimum absolute atomic E-state index is 0.0110. The van der Waals surface area contributed by atoms with E-state index in [1.807, 2.05) is 34.9 Å². The summed E-state index contributed by atoms with van der Waals surface area (Å²) >= 11 is 0. The number of aromatic amines is 1. The van der Waals surface area contributed by atoms with Crippen LogP contribution >= 0.6 is 0 Å². The van der Waals surface area contributed by atoms with E-state index in [4.69, 9.17) is 0 Å². The number of nitrogens with zero attached hydrogens (tertiary/aromatic N) is 2. The molecule has 2 atom stereocenters. The van der Waals surface area contributed by atoms with Crippen LogP contribution in [0.25, 0.3) is 10.9 Å². The number of para-hydroxylation sites is 1. The number of hydrogen-bond donors (Lipinski definition) is 1. The fraction of sp³-hybridized carbons (Fsp3) is 0.286. The van der Waals surface area contributed by atoms with Crippen molar-refractivity contribution in [3.05, 3.63) is 70.3 Å². The zero-order chi connectivity index (χ0) is 18.5. The molecule has 2 bridgehead atoms. The van der Waals surface area contributed by atoms with Crippen LogP contribution < -0.4 is 5.56 Å². The lowest BCUT2D eigenvalue weighted by Gasteiger charge is -2.42. The zero-order valence-corrected chi connectivity index (χ0v) is 14.7. The van der Waals surface area contributed by atoms with Crippen LogP contribution in [0.4, 0.5) is 0 Å². The van der Waals surface area contributed by atoms with Crippen molar-refractivity contribution in [2.45, 2.75) is 18.9 Å². The van der Waals surface area contributed by atoms with Crippen molar-refractivity contribution in [2.75, 3.05) is 13.1 Å². The second kappa shape index (κ2) is 5.94. The van der Waals surface area contributed by atoms with E-state index in [0.717, 1.165) is 23.0 Å². The zero-order valence-electron chi connectivity index (χ0n) is 14.7. The van der Waals surface area contributed by atoms with Crippen LogP contribution in [0.3, 0.4) is 0 Å². The maximum atomic E-state index is 12.9. The Morgan fingerprint density at radius 2 is 1.85 bits per heavy atom. The molecule has 1 amide bonds. The maximum absolute atomic E-state index is 12.9. The second-order valence-corrected chi connectivity index (χ2v) is 7.49. The van der Waals surface area contributed by atoms with Gasteiger partial charge in [0.1, 0.15) is 0 Å². The summed E-state index contributed by atoms with van der Waals surface area (Å²) in [5.41, 5.74) is 2.24. The summed E-state index contributed by atoms with van der Waals surface area (Å²) in [6.45, 7) is 1.60. The third-order valence-electron chi connectivity index (χ3n) is 5.80. The third kappa shape index (κ3) is 2.51. The van der Waals surface area contributed by atoms with Gasteiger partial charge in [0.2, 0.25) is 0 Å². The smallest absolute Gasteiger partial charge is 0.295 e. The average Bonchev–Trinajstić information content (AvgIpc) is 3.12. The van der Waals surface area contributed by atoms with Crippen molar-refractivity contribution < 1.29 is 9.59 Å². The molecule has 5 rings (SSSR count). The van der Waals surface area contributed by atoms with Crippen LogP contribution in [0, 0.1) is 5.92 Å². The molecule has 2 aliphatic heterocycles. The van der Waals surface area contributed by atoms with Gasteiger partial charge < -0.3 is 14.5 Å². The first-order chi connectivity index (χ1) is 13.1. The number of Topliss-reactive ketones (excluding diaryl/α,β-unsaturated/α-hetero) is 1. The van der Waals surface area contributed by atoms with Crippen LogP contribution in [0.15, 0.2) is 53.5 Å². The molecule has 0 spiro atoms. The standard InChI is InChI=1S/C21H19N3O3/c25-19-7-3-6-18-14-8-13(11-24(18)19)10-23(12-14)21(27)20(26)16-9-22-17-5-2-1-4-15(16)17/h1-7,9,13-14,22H,8,10-12H2/t13-,14+/m1/s1. The number of carbonyl (C=O) groups excluding carboxylic acids is 2. The van der Waals surface area contributed by atoms with Crippen LogP contribution in [0.1, 0.15) is 28.4 Å². The number of pyridine rings is 1. The number of rotatable bonds is 2. The van der Waals surface area contributed by atoms with E-state index in [1.165, 1.54) is 0 Å². The van der Waals surface area contributed by atoms with Gasteiger partial charge in [-0.1, -0.05) is 24.3 Å². The molecule has 1 N–H and O–H groups in total. The quantitative estimate of drug-likeness (QED) is 0.561. The van der Waals surface area contributed by atoms with Crippen LogP contribution in [0.2, 0.25) is 0 Å². The van der Waals surface area contributed by atoms with Gasteiger partial charge in [-0.05, 0) is 24.5 Å². The Morgan fingerprint density at radius 1 is 1.00 bits per heavy atom. The molecule has 0 saturated carbocycles. The van der Waals surface area contributed by atoms with E-state index < -0.39 is 11.7 Å². The number of ketones is 1. The molecular weight excluding hydrogens is 342 g/mol. The summed E-state index contributed by atoms with van der Waals surface area (Å²) in [6.07, 6.45) is 2.57. The first-order valence-electron chi connectivity index (χ1n) is 9.21. The van der Waals surface area contributed by atoms with Gasteiger partial charge in [0.15, 0.2) is 0 Å². The van der Waals surface area contributed by atoms with Gasteiger partial charge >= 0.3 is 0 Å². The van der Waals surface area contributed by atoms with Gasteiger partial charge in [-0.3, -0.25) is 14.4 Å². The number of hydrogen-bond acceptors (Lipinski definition) is 3. The first kappa shape index (κ1) is 16.1. The summed E-state index contributed by atoms with van der Waals surface area (Å²) < 4.78 is 1.82. The largest absolute Gasteiger partial charge is 0.360 e. The number of aromatic nitrogens is 2. The highest BCUT2D eigenvalue weighted by Gasteiger charge is 2.38. The Morgan fingerprint density at radius 3 is 2.74 bits per heavy atom. The van der Waals surface area contributed by atoms with Crippen LogP contribution in [-0.2, 0) is 11.3 Å². The first-order valence-corrected chi connectivity index (χ1v) is 9.21. The Labute approximate surface area is 155 Å². The minimum Gasteiger partial charge on any atom is -0.360 e. The highest BCUT2D eigenvalue weighted by Crippen LogP contribution is 2.35. The lowest BCUT2D eigenvalue weighted by molar-refractivity contribution is -0.129. The van der Waals surface area contributed by atoms with E-state index in [9.17, 15) is 14.4 Å². The predicted octanol–water partition coefficient (Wildman–Crippen LogP) is 2.16. The van der Waals surface area contributed by atoms with Crippen molar-refractivity contribution in [2.24, 2.45) is 5.92 Å². The van der Waals surface area contributed by atoms with Gasteiger partial charge in [0, 0.05) is 54.4 Å². The lowest BCUT2D eigenvalue weighted by Crippen LogP contribution is -2.50. The summed E-state index contributed by atoms with van der Waals surface area (Å²) in [6, 6.07) is 12.8. The van der Waals surface area contributed by atoms with E-state index in [-0.39, 0.29) is 17.4 Å². The van der Waals surface area contributed by atoms with Gasteiger partial charge in [-0.2, -0.15) is 0 Å².